The van der Waals surface area contributed by atoms with Gasteiger partial charge in [-0.3, -0.25) is 0 Å². The van der Waals surface area contributed by atoms with Crippen molar-refractivity contribution in [1.29, 1.82) is 0 Å². The van der Waals surface area contributed by atoms with Gasteiger partial charge in [-0.05, 0) is 0 Å². The van der Waals surface area contributed by atoms with Crippen LogP contribution in [0.3, 0.4) is 0 Å². The molecule has 12 heavy (non-hydrogen) atoms. The average molecular weight is 209 g/mol. The second-order valence-electron chi connectivity index (χ2n) is 2.40. The van der Waals surface area contributed by atoms with Crippen molar-refractivity contribution in [1.82, 2.24) is 0 Å². The lowest BCUT2D eigenvalue weighted by atomic mass is 10.1. The summed E-state index contributed by atoms with van der Waals surface area (Å²) in [6, 6.07) is 10.6. The number of hydrogen-bond acceptors (Lipinski definition) is 0. The highest BCUT2D eigenvalue weighted by molar-refractivity contribution is 5.16. The van der Waals surface area contributed by atoms with Crippen molar-refractivity contribution in [2.75, 3.05) is 6.54 Å². The van der Waals surface area contributed by atoms with Gasteiger partial charge in [0.2, 0.25) is 0 Å². The first-order valence-corrected chi connectivity index (χ1v) is 3.52. The van der Waals surface area contributed by atoms with Crippen molar-refractivity contribution < 1.29 is 36.3 Å². The Balaban J connectivity index is 0. The Morgan fingerprint density at radius 1 is 1.08 bits per heavy atom. The molecule has 0 aromatic heterocycles. The fourth-order valence-corrected chi connectivity index (χ4v) is 0.892. The fourth-order valence-electron chi connectivity index (χ4n) is 0.892. The molecular formula is C8H14Cl2N2. The smallest absolute Gasteiger partial charge is 0.159 e. The summed E-state index contributed by atoms with van der Waals surface area (Å²) in [5.41, 5.74) is 9.04. The normalized spacial score (nSPS) is 10.8. The van der Waals surface area contributed by atoms with E-state index in [1.54, 1.807) is 0 Å². The maximum atomic E-state index is 3.96. The molecule has 0 spiro atoms. The van der Waals surface area contributed by atoms with Crippen LogP contribution < -0.4 is 36.3 Å². The molecule has 0 bridgehead atoms. The Hall–Kier alpha value is -0.280. The first kappa shape index (κ1) is 14.3. The molecule has 0 heterocycles. The standard InChI is InChI=1S/C8H12N2.2ClH/c9-6-8(10)7-4-2-1-3-5-7;;/h1-5,8H,6,9-10H2;2*1H. The Labute approximate surface area is 85.1 Å². The molecule has 70 valence electrons. The number of benzene rings is 1. The molecule has 1 aromatic carbocycles. The molecule has 1 rings (SSSR count). The Morgan fingerprint density at radius 2 is 1.58 bits per heavy atom. The van der Waals surface area contributed by atoms with Gasteiger partial charge in [-0.1, -0.05) is 30.3 Å². The average Bonchev–Trinajstić information content (AvgIpc) is 2.05. The molecule has 0 amide bonds. The quantitative estimate of drug-likeness (QED) is 0.486. The van der Waals surface area contributed by atoms with Gasteiger partial charge in [0, 0.05) is 5.56 Å². The second kappa shape index (κ2) is 7.37. The van der Waals surface area contributed by atoms with E-state index < -0.39 is 0 Å². The molecule has 0 saturated heterocycles. The summed E-state index contributed by atoms with van der Waals surface area (Å²) in [6.07, 6.45) is 0. The number of rotatable bonds is 2. The number of hydrogen-bond donors (Lipinski definition) is 2. The van der Waals surface area contributed by atoms with Crippen molar-refractivity contribution >= 4 is 0 Å². The fraction of sp³-hybridized carbons (Fsp3) is 0.250. The molecular weight excluding hydrogens is 195 g/mol. The summed E-state index contributed by atoms with van der Waals surface area (Å²) in [7, 11) is 0. The van der Waals surface area contributed by atoms with Crippen molar-refractivity contribution in [2.24, 2.45) is 0 Å². The van der Waals surface area contributed by atoms with Gasteiger partial charge in [0.25, 0.3) is 0 Å². The summed E-state index contributed by atoms with van der Waals surface area (Å²) in [5, 5.41) is 0. The summed E-state index contributed by atoms with van der Waals surface area (Å²) >= 11 is 0. The topological polar surface area (TPSA) is 55.3 Å². The molecule has 2 nitrogen and oxygen atoms in total. The molecule has 1 aromatic rings. The van der Waals surface area contributed by atoms with Crippen molar-refractivity contribution in [3.05, 3.63) is 35.9 Å². The van der Waals surface area contributed by atoms with Crippen LogP contribution >= 0.6 is 0 Å². The Bertz CT molecular complexity index is 192. The van der Waals surface area contributed by atoms with Crippen molar-refractivity contribution in [3.8, 4) is 0 Å². The van der Waals surface area contributed by atoms with Gasteiger partial charge in [0.15, 0.2) is 6.04 Å². The van der Waals surface area contributed by atoms with E-state index >= 15 is 0 Å². The number of quaternary nitrogens is 2. The summed E-state index contributed by atoms with van der Waals surface area (Å²) < 4.78 is 0. The van der Waals surface area contributed by atoms with E-state index in [-0.39, 0.29) is 24.8 Å². The Morgan fingerprint density at radius 3 is 2.00 bits per heavy atom. The lowest BCUT2D eigenvalue weighted by Crippen LogP contribution is -3.00. The third-order valence-corrected chi connectivity index (χ3v) is 1.62. The summed E-state index contributed by atoms with van der Waals surface area (Å²) in [4.78, 5) is 0. The van der Waals surface area contributed by atoms with Crippen molar-refractivity contribution in [2.45, 2.75) is 6.04 Å². The molecule has 4 heteroatoms. The molecule has 6 N–H and O–H groups in total. The van der Waals surface area contributed by atoms with Crippen LogP contribution in [0.15, 0.2) is 30.3 Å². The molecule has 0 aliphatic heterocycles. The van der Waals surface area contributed by atoms with Crippen LogP contribution in [-0.2, 0) is 0 Å². The van der Waals surface area contributed by atoms with E-state index in [1.807, 2.05) is 18.2 Å². The lowest BCUT2D eigenvalue weighted by molar-refractivity contribution is -0.499. The van der Waals surface area contributed by atoms with E-state index in [0.717, 1.165) is 6.54 Å². The zero-order valence-corrected chi connectivity index (χ0v) is 8.35. The lowest BCUT2D eigenvalue weighted by Gasteiger charge is -2.01. The van der Waals surface area contributed by atoms with Gasteiger partial charge in [0.05, 0.1) is 0 Å². The predicted octanol–water partition coefficient (Wildman–Crippen LogP) is -6.78. The highest BCUT2D eigenvalue weighted by atomic mass is 35.5. The molecule has 0 radical (unpaired) electrons. The van der Waals surface area contributed by atoms with Gasteiger partial charge in [0.1, 0.15) is 6.54 Å². The van der Waals surface area contributed by atoms with E-state index in [1.165, 1.54) is 5.56 Å². The minimum Gasteiger partial charge on any atom is -1.00 e. The first-order chi connectivity index (χ1) is 4.84. The SMILES string of the molecule is [Cl-].[Cl-].[NH3+]CC([NH3+])c1ccccc1. The monoisotopic (exact) mass is 208 g/mol. The third kappa shape index (κ3) is 3.93. The third-order valence-electron chi connectivity index (χ3n) is 1.62. The number of halogens is 2. The highest BCUT2D eigenvalue weighted by Gasteiger charge is 2.06. The van der Waals surface area contributed by atoms with Crippen LogP contribution in [0.4, 0.5) is 0 Å². The molecule has 0 aliphatic carbocycles. The molecule has 0 aliphatic rings. The molecule has 0 saturated carbocycles. The van der Waals surface area contributed by atoms with Gasteiger partial charge in [-0.2, -0.15) is 0 Å². The second-order valence-corrected chi connectivity index (χ2v) is 2.40. The molecule has 0 fully saturated rings. The zero-order valence-electron chi connectivity index (χ0n) is 6.84. The van der Waals surface area contributed by atoms with Crippen LogP contribution in [-0.4, -0.2) is 6.54 Å². The summed E-state index contributed by atoms with van der Waals surface area (Å²) in [6.45, 7) is 0.865. The van der Waals surface area contributed by atoms with E-state index in [2.05, 4.69) is 23.6 Å². The van der Waals surface area contributed by atoms with E-state index in [4.69, 9.17) is 0 Å². The summed E-state index contributed by atoms with van der Waals surface area (Å²) in [5.74, 6) is 0. The van der Waals surface area contributed by atoms with E-state index in [9.17, 15) is 0 Å². The van der Waals surface area contributed by atoms with E-state index in [0.29, 0.717) is 6.04 Å². The van der Waals surface area contributed by atoms with Gasteiger partial charge in [-0.25, -0.2) is 0 Å². The largest absolute Gasteiger partial charge is 1.00 e. The van der Waals surface area contributed by atoms with Gasteiger partial charge in [-0.15, -0.1) is 0 Å². The van der Waals surface area contributed by atoms with Gasteiger partial charge >= 0.3 is 0 Å². The van der Waals surface area contributed by atoms with Crippen LogP contribution in [0.2, 0.25) is 0 Å². The zero-order chi connectivity index (χ0) is 7.40. The maximum absolute atomic E-state index is 3.96. The minimum atomic E-state index is 0. The van der Waals surface area contributed by atoms with Crippen LogP contribution in [0.5, 0.6) is 0 Å². The van der Waals surface area contributed by atoms with Crippen LogP contribution in [0.25, 0.3) is 0 Å². The maximum Gasteiger partial charge on any atom is 0.159 e. The first-order valence-electron chi connectivity index (χ1n) is 3.52. The van der Waals surface area contributed by atoms with Gasteiger partial charge < -0.3 is 36.3 Å². The van der Waals surface area contributed by atoms with Crippen LogP contribution in [0, 0.1) is 0 Å². The van der Waals surface area contributed by atoms with Crippen molar-refractivity contribution in [3.63, 3.8) is 0 Å². The minimum absolute atomic E-state index is 0. The highest BCUT2D eigenvalue weighted by Crippen LogP contribution is 2.03. The molecule has 1 unspecified atom stereocenters. The van der Waals surface area contributed by atoms with Crippen LogP contribution in [0.1, 0.15) is 11.6 Å². The molecule has 1 atom stereocenters. The Kier molecular flexibility index (Phi) is 8.76. The predicted molar refractivity (Wildman–Crippen MR) is 39.8 cm³/mol.